The van der Waals surface area contributed by atoms with Crippen LogP contribution in [0.25, 0.3) is 0 Å². The molecule has 2 aromatic rings. The summed E-state index contributed by atoms with van der Waals surface area (Å²) in [6.07, 6.45) is 0.805. The Kier molecular flexibility index (Phi) is 3.23. The maximum Gasteiger partial charge on any atom is 0.263 e. The lowest BCUT2D eigenvalue weighted by Crippen LogP contribution is -2.49. The number of hydrogen-bond acceptors (Lipinski definition) is 3. The van der Waals surface area contributed by atoms with Crippen LogP contribution in [0, 0.1) is 10.1 Å². The van der Waals surface area contributed by atoms with Gasteiger partial charge in [-0.25, -0.2) is 0 Å². The van der Waals surface area contributed by atoms with Crippen molar-refractivity contribution in [2.45, 2.75) is 6.04 Å². The van der Waals surface area contributed by atoms with E-state index in [1.54, 1.807) is 4.90 Å². The molecule has 0 aromatic heterocycles. The van der Waals surface area contributed by atoms with Gasteiger partial charge in [0, 0.05) is 5.69 Å². The predicted octanol–water partition coefficient (Wildman–Crippen LogP) is 2.94. The van der Waals surface area contributed by atoms with E-state index in [4.69, 9.17) is 0 Å². The van der Waals surface area contributed by atoms with Gasteiger partial charge in [-0.1, -0.05) is 48.5 Å². The Balaban J connectivity index is 2.05. The number of anilines is 1. The molecule has 104 valence electrons. The largest absolute Gasteiger partial charge is 0.296 e. The number of carbonyl (C=O) groups excluding carboxylic acids is 1. The Morgan fingerprint density at radius 2 is 1.57 bits per heavy atom. The first-order valence-electron chi connectivity index (χ1n) is 6.47. The lowest BCUT2D eigenvalue weighted by atomic mass is 9.88. The zero-order valence-corrected chi connectivity index (χ0v) is 11.0. The van der Waals surface area contributed by atoms with Crippen LogP contribution >= 0.6 is 0 Å². The monoisotopic (exact) mass is 280 g/mol. The minimum atomic E-state index is -0.578. The molecule has 1 unspecified atom stereocenters. The van der Waals surface area contributed by atoms with Crippen molar-refractivity contribution in [2.75, 3.05) is 4.90 Å². The average Bonchev–Trinajstić information content (AvgIpc) is 2.51. The third kappa shape index (κ3) is 2.29. The van der Waals surface area contributed by atoms with Crippen LogP contribution in [-0.2, 0) is 4.79 Å². The van der Waals surface area contributed by atoms with Crippen molar-refractivity contribution in [2.24, 2.45) is 0 Å². The van der Waals surface area contributed by atoms with E-state index in [-0.39, 0.29) is 11.5 Å². The molecule has 5 heteroatoms. The van der Waals surface area contributed by atoms with Gasteiger partial charge in [0.05, 0.1) is 11.0 Å². The van der Waals surface area contributed by atoms with Crippen LogP contribution in [0.3, 0.4) is 0 Å². The minimum absolute atomic E-state index is 0.204. The average molecular weight is 280 g/mol. The fourth-order valence-corrected chi connectivity index (χ4v) is 2.50. The Hall–Kier alpha value is -2.95. The summed E-state index contributed by atoms with van der Waals surface area (Å²) in [6, 6.07) is 18.0. The summed E-state index contributed by atoms with van der Waals surface area (Å²) in [5, 5.41) is 10.7. The number of nitrogens with zero attached hydrogens (tertiary/aromatic N) is 2. The molecule has 1 saturated heterocycles. The Labute approximate surface area is 121 Å². The van der Waals surface area contributed by atoms with E-state index in [2.05, 4.69) is 0 Å². The van der Waals surface area contributed by atoms with Gasteiger partial charge in [-0.3, -0.25) is 19.8 Å². The summed E-state index contributed by atoms with van der Waals surface area (Å²) < 4.78 is 0. The fourth-order valence-electron chi connectivity index (χ4n) is 2.50. The Morgan fingerprint density at radius 3 is 2.14 bits per heavy atom. The van der Waals surface area contributed by atoms with E-state index < -0.39 is 11.0 Å². The summed E-state index contributed by atoms with van der Waals surface area (Å²) in [4.78, 5) is 24.0. The quantitative estimate of drug-likeness (QED) is 0.376. The van der Waals surface area contributed by atoms with Crippen molar-refractivity contribution in [3.63, 3.8) is 0 Å². The van der Waals surface area contributed by atoms with Crippen molar-refractivity contribution in [3.05, 3.63) is 88.1 Å². The molecule has 1 aliphatic rings. The molecule has 1 heterocycles. The molecule has 2 aromatic carbocycles. The first kappa shape index (κ1) is 13.1. The van der Waals surface area contributed by atoms with Gasteiger partial charge in [0.2, 0.25) is 6.20 Å². The predicted molar refractivity (Wildman–Crippen MR) is 78.2 cm³/mol. The molecule has 0 bridgehead atoms. The number of nitro groups is 1. The van der Waals surface area contributed by atoms with Crippen molar-refractivity contribution < 1.29 is 9.72 Å². The second-order valence-electron chi connectivity index (χ2n) is 4.69. The first-order chi connectivity index (χ1) is 10.2. The lowest BCUT2D eigenvalue weighted by Gasteiger charge is -2.41. The second-order valence-corrected chi connectivity index (χ2v) is 4.69. The standard InChI is InChI=1S/C16H12N2O3/c19-16-14(11-17(20)21)15(12-7-3-1-4-8-12)18(16)13-9-5-2-6-10-13/h1-11,15H/b14-11-. The number of amides is 1. The number of β-lactam (4-membered cyclic amide) rings is 1. The van der Waals surface area contributed by atoms with E-state index in [0.29, 0.717) is 0 Å². The zero-order valence-electron chi connectivity index (χ0n) is 11.0. The topological polar surface area (TPSA) is 63.4 Å². The van der Waals surface area contributed by atoms with Crippen molar-refractivity contribution in [1.82, 2.24) is 0 Å². The summed E-state index contributed by atoms with van der Waals surface area (Å²) >= 11 is 0. The van der Waals surface area contributed by atoms with E-state index in [9.17, 15) is 14.9 Å². The van der Waals surface area contributed by atoms with Gasteiger partial charge in [0.15, 0.2) is 0 Å². The fraction of sp³-hybridized carbons (Fsp3) is 0.0625. The summed E-state index contributed by atoms with van der Waals surface area (Å²) in [5.74, 6) is -0.327. The Morgan fingerprint density at radius 1 is 1.00 bits per heavy atom. The van der Waals surface area contributed by atoms with Crippen LogP contribution in [0.4, 0.5) is 5.69 Å². The van der Waals surface area contributed by atoms with Crippen molar-refractivity contribution >= 4 is 11.6 Å². The van der Waals surface area contributed by atoms with Crippen molar-refractivity contribution in [3.8, 4) is 0 Å². The van der Waals surface area contributed by atoms with Gasteiger partial charge < -0.3 is 0 Å². The normalized spacial score (nSPS) is 19.4. The Bertz CT molecular complexity index is 711. The van der Waals surface area contributed by atoms with Gasteiger partial charge in [-0.2, -0.15) is 0 Å². The van der Waals surface area contributed by atoms with Crippen LogP contribution in [0.1, 0.15) is 11.6 Å². The number of rotatable bonds is 3. The van der Waals surface area contributed by atoms with Gasteiger partial charge in [-0.15, -0.1) is 0 Å². The number of carbonyl (C=O) groups is 1. The van der Waals surface area contributed by atoms with Gasteiger partial charge in [-0.05, 0) is 17.7 Å². The highest BCUT2D eigenvalue weighted by Gasteiger charge is 2.46. The summed E-state index contributed by atoms with van der Waals surface area (Å²) in [7, 11) is 0. The SMILES string of the molecule is O=C1/C(=C\[N+](=O)[O-])C(c2ccccc2)N1c1ccccc1. The summed E-state index contributed by atoms with van der Waals surface area (Å²) in [6.45, 7) is 0. The molecule has 21 heavy (non-hydrogen) atoms. The molecule has 5 nitrogen and oxygen atoms in total. The highest BCUT2D eigenvalue weighted by atomic mass is 16.6. The first-order valence-corrected chi connectivity index (χ1v) is 6.47. The van der Waals surface area contributed by atoms with Gasteiger partial charge >= 0.3 is 0 Å². The third-order valence-corrected chi connectivity index (χ3v) is 3.41. The van der Waals surface area contributed by atoms with Crippen LogP contribution in [0.5, 0.6) is 0 Å². The highest BCUT2D eigenvalue weighted by Crippen LogP contribution is 2.42. The maximum atomic E-state index is 12.2. The van der Waals surface area contributed by atoms with E-state index in [0.717, 1.165) is 17.5 Å². The number of para-hydroxylation sites is 1. The molecule has 1 fully saturated rings. The smallest absolute Gasteiger partial charge is 0.263 e. The lowest BCUT2D eigenvalue weighted by molar-refractivity contribution is -0.403. The van der Waals surface area contributed by atoms with Crippen molar-refractivity contribution in [1.29, 1.82) is 0 Å². The molecule has 1 aliphatic heterocycles. The number of hydrogen-bond donors (Lipinski definition) is 0. The molecule has 1 atom stereocenters. The third-order valence-electron chi connectivity index (χ3n) is 3.41. The van der Waals surface area contributed by atoms with Crippen LogP contribution < -0.4 is 4.90 Å². The van der Waals surface area contributed by atoms with Crippen LogP contribution in [-0.4, -0.2) is 10.8 Å². The number of benzene rings is 2. The zero-order chi connectivity index (χ0) is 14.8. The second kappa shape index (κ2) is 5.20. The highest BCUT2D eigenvalue weighted by molar-refractivity contribution is 6.15. The molecule has 0 spiro atoms. The van der Waals surface area contributed by atoms with Gasteiger partial charge in [0.25, 0.3) is 5.91 Å². The van der Waals surface area contributed by atoms with E-state index in [1.807, 2.05) is 60.7 Å². The molecule has 0 saturated carbocycles. The molecular weight excluding hydrogens is 268 g/mol. The molecule has 3 rings (SSSR count). The molecule has 0 N–H and O–H groups in total. The maximum absolute atomic E-state index is 12.2. The van der Waals surface area contributed by atoms with Crippen LogP contribution in [0.2, 0.25) is 0 Å². The molecular formula is C16H12N2O3. The summed E-state index contributed by atoms with van der Waals surface area (Å²) in [5.41, 5.74) is 1.79. The van der Waals surface area contributed by atoms with E-state index in [1.165, 1.54) is 0 Å². The van der Waals surface area contributed by atoms with Crippen LogP contribution in [0.15, 0.2) is 72.4 Å². The van der Waals surface area contributed by atoms with Gasteiger partial charge in [0.1, 0.15) is 5.57 Å². The van der Waals surface area contributed by atoms with E-state index >= 15 is 0 Å². The molecule has 1 amide bonds. The minimum Gasteiger partial charge on any atom is -0.296 e. The molecule has 0 radical (unpaired) electrons. The molecule has 0 aliphatic carbocycles.